The predicted octanol–water partition coefficient (Wildman–Crippen LogP) is 4.16. The maximum Gasteiger partial charge on any atom is 0.356 e. The lowest BCUT2D eigenvalue weighted by atomic mass is 10.0. The van der Waals surface area contributed by atoms with Gasteiger partial charge in [0, 0.05) is 5.56 Å². The van der Waals surface area contributed by atoms with Gasteiger partial charge in [0.15, 0.2) is 5.69 Å². The first-order valence-corrected chi connectivity index (χ1v) is 7.44. The van der Waals surface area contributed by atoms with Crippen LogP contribution < -0.4 is 0 Å². The first kappa shape index (κ1) is 15.0. The second kappa shape index (κ2) is 5.72. The van der Waals surface area contributed by atoms with E-state index in [0.29, 0.717) is 0 Å². The quantitative estimate of drug-likeness (QED) is 0.790. The lowest BCUT2D eigenvalue weighted by molar-refractivity contribution is 0.0690. The highest BCUT2D eigenvalue weighted by molar-refractivity contribution is 5.87. The molecule has 0 radical (unpaired) electrons. The van der Waals surface area contributed by atoms with Crippen molar-refractivity contribution < 1.29 is 9.90 Å². The van der Waals surface area contributed by atoms with Crippen molar-refractivity contribution >= 4 is 5.97 Å². The Morgan fingerprint density at radius 3 is 2.26 bits per heavy atom. The molecule has 4 nitrogen and oxygen atoms in total. The van der Waals surface area contributed by atoms with Crippen molar-refractivity contribution in [3.63, 3.8) is 0 Å². The van der Waals surface area contributed by atoms with E-state index in [9.17, 15) is 9.90 Å². The van der Waals surface area contributed by atoms with E-state index in [1.54, 1.807) is 10.7 Å². The molecule has 2 aromatic carbocycles. The Labute approximate surface area is 135 Å². The standard InChI is InChI=1S/C19H18N2O2/c1-12-4-8-16(9-5-12)21-18(11-17(20-21)19(22)23)15-7-6-13(2)14(3)10-15/h4-11H,1-3H3,(H,22,23). The third-order valence-corrected chi connectivity index (χ3v) is 4.01. The van der Waals surface area contributed by atoms with Crippen molar-refractivity contribution in [1.29, 1.82) is 0 Å². The van der Waals surface area contributed by atoms with Gasteiger partial charge in [-0.15, -0.1) is 0 Å². The highest BCUT2D eigenvalue weighted by atomic mass is 16.4. The van der Waals surface area contributed by atoms with Crippen molar-refractivity contribution in [1.82, 2.24) is 9.78 Å². The van der Waals surface area contributed by atoms with Gasteiger partial charge in [0.1, 0.15) is 0 Å². The van der Waals surface area contributed by atoms with Gasteiger partial charge in [0.2, 0.25) is 0 Å². The molecular formula is C19H18N2O2. The van der Waals surface area contributed by atoms with Gasteiger partial charge in [-0.2, -0.15) is 5.10 Å². The summed E-state index contributed by atoms with van der Waals surface area (Å²) < 4.78 is 1.69. The highest BCUT2D eigenvalue weighted by Gasteiger charge is 2.16. The largest absolute Gasteiger partial charge is 0.476 e. The molecule has 1 aromatic heterocycles. The number of hydrogen-bond acceptors (Lipinski definition) is 2. The number of carboxylic acid groups (broad SMARTS) is 1. The lowest BCUT2D eigenvalue weighted by Gasteiger charge is -2.09. The zero-order chi connectivity index (χ0) is 16.6. The highest BCUT2D eigenvalue weighted by Crippen LogP contribution is 2.26. The Bertz CT molecular complexity index is 877. The fourth-order valence-electron chi connectivity index (χ4n) is 2.47. The van der Waals surface area contributed by atoms with Crippen LogP contribution in [0.1, 0.15) is 27.2 Å². The van der Waals surface area contributed by atoms with Crippen molar-refractivity contribution in [3.05, 3.63) is 70.9 Å². The second-order valence-electron chi connectivity index (χ2n) is 5.77. The summed E-state index contributed by atoms with van der Waals surface area (Å²) in [7, 11) is 0. The Hall–Kier alpha value is -2.88. The van der Waals surface area contributed by atoms with Crippen LogP contribution >= 0.6 is 0 Å². The van der Waals surface area contributed by atoms with Crippen LogP contribution in [0.4, 0.5) is 0 Å². The van der Waals surface area contributed by atoms with Gasteiger partial charge in [-0.25, -0.2) is 9.48 Å². The van der Waals surface area contributed by atoms with Crippen LogP contribution in [0, 0.1) is 20.8 Å². The van der Waals surface area contributed by atoms with Crippen LogP contribution in [-0.2, 0) is 0 Å². The van der Waals surface area contributed by atoms with Crippen LogP contribution in [0.25, 0.3) is 16.9 Å². The van der Waals surface area contributed by atoms with E-state index < -0.39 is 5.97 Å². The summed E-state index contributed by atoms with van der Waals surface area (Å²) in [6, 6.07) is 15.6. The van der Waals surface area contributed by atoms with Gasteiger partial charge in [0.05, 0.1) is 11.4 Å². The van der Waals surface area contributed by atoms with Crippen LogP contribution in [0.15, 0.2) is 48.5 Å². The molecule has 0 aliphatic rings. The average Bonchev–Trinajstić information content (AvgIpc) is 2.96. The normalized spacial score (nSPS) is 10.7. The summed E-state index contributed by atoms with van der Waals surface area (Å²) in [6.45, 7) is 6.11. The van der Waals surface area contributed by atoms with Gasteiger partial charge >= 0.3 is 5.97 Å². The summed E-state index contributed by atoms with van der Waals surface area (Å²) in [5.74, 6) is -1.03. The van der Waals surface area contributed by atoms with E-state index in [2.05, 4.69) is 18.1 Å². The molecule has 0 atom stereocenters. The topological polar surface area (TPSA) is 55.1 Å². The van der Waals surface area contributed by atoms with Gasteiger partial charge in [-0.3, -0.25) is 0 Å². The maximum atomic E-state index is 11.3. The third-order valence-electron chi connectivity index (χ3n) is 4.01. The average molecular weight is 306 g/mol. The molecule has 0 spiro atoms. The maximum absolute atomic E-state index is 11.3. The minimum absolute atomic E-state index is 0.0406. The molecule has 1 N–H and O–H groups in total. The first-order chi connectivity index (χ1) is 11.0. The Morgan fingerprint density at radius 1 is 0.957 bits per heavy atom. The van der Waals surface area contributed by atoms with Gasteiger partial charge in [-0.05, 0) is 56.2 Å². The Morgan fingerprint density at radius 2 is 1.65 bits per heavy atom. The fraction of sp³-hybridized carbons (Fsp3) is 0.158. The Kier molecular flexibility index (Phi) is 3.74. The predicted molar refractivity (Wildman–Crippen MR) is 90.2 cm³/mol. The molecular weight excluding hydrogens is 288 g/mol. The number of aryl methyl sites for hydroxylation is 3. The van der Waals surface area contributed by atoms with E-state index in [0.717, 1.165) is 28.1 Å². The van der Waals surface area contributed by atoms with Crippen LogP contribution in [0.3, 0.4) is 0 Å². The first-order valence-electron chi connectivity index (χ1n) is 7.44. The number of rotatable bonds is 3. The fourth-order valence-corrected chi connectivity index (χ4v) is 2.47. The molecule has 0 aliphatic heterocycles. The van der Waals surface area contributed by atoms with Crippen molar-refractivity contribution in [3.8, 4) is 16.9 Å². The molecule has 0 saturated heterocycles. The number of carboxylic acids is 1. The van der Waals surface area contributed by atoms with Crippen molar-refractivity contribution in [2.75, 3.05) is 0 Å². The molecule has 4 heteroatoms. The summed E-state index contributed by atoms with van der Waals surface area (Å²) in [5, 5.41) is 13.5. The molecule has 3 aromatic rings. The summed E-state index contributed by atoms with van der Waals surface area (Å²) >= 11 is 0. The lowest BCUT2D eigenvalue weighted by Crippen LogP contribution is -2.02. The molecule has 3 rings (SSSR count). The van der Waals surface area contributed by atoms with E-state index in [1.165, 1.54) is 5.56 Å². The number of aromatic nitrogens is 2. The van der Waals surface area contributed by atoms with Crippen molar-refractivity contribution in [2.45, 2.75) is 20.8 Å². The van der Waals surface area contributed by atoms with Gasteiger partial charge in [-0.1, -0.05) is 29.8 Å². The van der Waals surface area contributed by atoms with Crippen LogP contribution in [0.2, 0.25) is 0 Å². The van der Waals surface area contributed by atoms with Gasteiger partial charge < -0.3 is 5.11 Å². The number of hydrogen-bond donors (Lipinski definition) is 1. The molecule has 23 heavy (non-hydrogen) atoms. The number of aromatic carboxylic acids is 1. The van der Waals surface area contributed by atoms with E-state index >= 15 is 0 Å². The minimum atomic E-state index is -1.03. The molecule has 0 fully saturated rings. The zero-order valence-electron chi connectivity index (χ0n) is 13.4. The monoisotopic (exact) mass is 306 g/mol. The minimum Gasteiger partial charge on any atom is -0.476 e. The van der Waals surface area contributed by atoms with E-state index in [1.807, 2.05) is 50.2 Å². The number of carbonyl (C=O) groups is 1. The van der Waals surface area contributed by atoms with Crippen molar-refractivity contribution in [2.24, 2.45) is 0 Å². The molecule has 0 unspecified atom stereocenters. The molecule has 116 valence electrons. The smallest absolute Gasteiger partial charge is 0.356 e. The SMILES string of the molecule is Cc1ccc(-n2nc(C(=O)O)cc2-c2ccc(C)c(C)c2)cc1. The molecule has 1 heterocycles. The molecule has 0 amide bonds. The molecule has 0 saturated carbocycles. The second-order valence-corrected chi connectivity index (χ2v) is 5.77. The zero-order valence-corrected chi connectivity index (χ0v) is 13.4. The van der Waals surface area contributed by atoms with Crippen LogP contribution in [0.5, 0.6) is 0 Å². The number of benzene rings is 2. The number of nitrogens with zero attached hydrogens (tertiary/aromatic N) is 2. The van der Waals surface area contributed by atoms with E-state index in [4.69, 9.17) is 0 Å². The molecule has 0 bridgehead atoms. The summed E-state index contributed by atoms with van der Waals surface area (Å²) in [5.41, 5.74) is 6.12. The Balaban J connectivity index is 2.20. The van der Waals surface area contributed by atoms with Crippen LogP contribution in [-0.4, -0.2) is 20.9 Å². The third kappa shape index (κ3) is 2.88. The van der Waals surface area contributed by atoms with Gasteiger partial charge in [0.25, 0.3) is 0 Å². The molecule has 0 aliphatic carbocycles. The summed E-state index contributed by atoms with van der Waals surface area (Å²) in [6.07, 6.45) is 0. The summed E-state index contributed by atoms with van der Waals surface area (Å²) in [4.78, 5) is 11.3. The van der Waals surface area contributed by atoms with E-state index in [-0.39, 0.29) is 5.69 Å².